The van der Waals surface area contributed by atoms with Crippen molar-refractivity contribution in [2.24, 2.45) is 0 Å². The van der Waals surface area contributed by atoms with Crippen LogP contribution in [0.1, 0.15) is 12.8 Å². The molecule has 0 aromatic heterocycles. The van der Waals surface area contributed by atoms with E-state index in [-0.39, 0.29) is 0 Å². The van der Waals surface area contributed by atoms with Gasteiger partial charge in [0.2, 0.25) is 0 Å². The molecule has 0 aromatic carbocycles. The van der Waals surface area contributed by atoms with Crippen molar-refractivity contribution in [2.45, 2.75) is 24.3 Å². The standard InChI is InChI=1S/C9H16F3NOS/c10-9(11,12)7-13-3-6-15-8-1-4-14-5-2-8/h8,13H,1-7H2. The molecule has 1 aliphatic heterocycles. The molecule has 1 heterocycles. The Morgan fingerprint density at radius 3 is 2.53 bits per heavy atom. The summed E-state index contributed by atoms with van der Waals surface area (Å²) in [4.78, 5) is 0. The maximum Gasteiger partial charge on any atom is 0.401 e. The Bertz CT molecular complexity index is 171. The lowest BCUT2D eigenvalue weighted by molar-refractivity contribution is -0.124. The Morgan fingerprint density at radius 2 is 1.93 bits per heavy atom. The predicted octanol–water partition coefficient (Wildman–Crippen LogP) is 2.05. The van der Waals surface area contributed by atoms with E-state index in [0.29, 0.717) is 11.8 Å². The lowest BCUT2D eigenvalue weighted by Gasteiger charge is -2.21. The summed E-state index contributed by atoms with van der Waals surface area (Å²) in [5.41, 5.74) is 0. The fraction of sp³-hybridized carbons (Fsp3) is 1.00. The van der Waals surface area contributed by atoms with Crippen LogP contribution in [-0.4, -0.2) is 43.5 Å². The summed E-state index contributed by atoms with van der Waals surface area (Å²) in [6.07, 6.45) is -2.06. The Hall–Kier alpha value is 0.0600. The molecule has 0 radical (unpaired) electrons. The number of ether oxygens (including phenoxy) is 1. The van der Waals surface area contributed by atoms with Gasteiger partial charge in [0.1, 0.15) is 0 Å². The van der Waals surface area contributed by atoms with Crippen molar-refractivity contribution in [3.63, 3.8) is 0 Å². The molecule has 0 amide bonds. The van der Waals surface area contributed by atoms with Crippen LogP contribution >= 0.6 is 11.8 Å². The monoisotopic (exact) mass is 243 g/mol. The summed E-state index contributed by atoms with van der Waals surface area (Å²) < 4.78 is 40.4. The number of nitrogens with one attached hydrogen (secondary N) is 1. The van der Waals surface area contributed by atoms with Crippen LogP contribution in [-0.2, 0) is 4.74 Å². The van der Waals surface area contributed by atoms with Crippen molar-refractivity contribution in [3.8, 4) is 0 Å². The minimum Gasteiger partial charge on any atom is -0.381 e. The molecule has 6 heteroatoms. The van der Waals surface area contributed by atoms with E-state index in [1.165, 1.54) is 0 Å². The average Bonchev–Trinajstić information content (AvgIpc) is 2.17. The van der Waals surface area contributed by atoms with Crippen molar-refractivity contribution in [3.05, 3.63) is 0 Å². The number of hydrogen-bond donors (Lipinski definition) is 1. The fourth-order valence-electron chi connectivity index (χ4n) is 1.37. The first-order valence-electron chi connectivity index (χ1n) is 5.05. The van der Waals surface area contributed by atoms with Gasteiger partial charge in [-0.2, -0.15) is 24.9 Å². The molecule has 1 N–H and O–H groups in total. The molecule has 0 saturated carbocycles. The minimum absolute atomic E-state index is 0.418. The van der Waals surface area contributed by atoms with E-state index in [2.05, 4.69) is 5.32 Å². The van der Waals surface area contributed by atoms with Crippen LogP contribution in [0.25, 0.3) is 0 Å². The lowest BCUT2D eigenvalue weighted by Crippen LogP contribution is -2.30. The van der Waals surface area contributed by atoms with Crippen molar-refractivity contribution >= 4 is 11.8 Å². The second-order valence-corrected chi connectivity index (χ2v) is 4.88. The van der Waals surface area contributed by atoms with Crippen molar-refractivity contribution in [1.29, 1.82) is 0 Å². The van der Waals surface area contributed by atoms with Crippen molar-refractivity contribution in [2.75, 3.05) is 32.1 Å². The molecule has 1 aliphatic rings. The van der Waals surface area contributed by atoms with Gasteiger partial charge in [0.15, 0.2) is 0 Å². The van der Waals surface area contributed by atoms with Crippen LogP contribution in [0.2, 0.25) is 0 Å². The molecule has 0 atom stereocenters. The van der Waals surface area contributed by atoms with Crippen LogP contribution in [0.5, 0.6) is 0 Å². The molecule has 2 nitrogen and oxygen atoms in total. The number of halogens is 3. The van der Waals surface area contributed by atoms with Crippen LogP contribution in [0, 0.1) is 0 Å². The number of rotatable bonds is 5. The highest BCUT2D eigenvalue weighted by molar-refractivity contribution is 7.99. The third-order valence-electron chi connectivity index (χ3n) is 2.13. The SMILES string of the molecule is FC(F)(F)CNCCSC1CCOCC1. The Morgan fingerprint density at radius 1 is 1.27 bits per heavy atom. The molecule has 1 saturated heterocycles. The number of thioether (sulfide) groups is 1. The summed E-state index contributed by atoms with van der Waals surface area (Å²) in [7, 11) is 0. The van der Waals surface area contributed by atoms with Crippen LogP contribution in [0.15, 0.2) is 0 Å². The van der Waals surface area contributed by atoms with Gasteiger partial charge < -0.3 is 10.1 Å². The first-order valence-corrected chi connectivity index (χ1v) is 6.09. The van der Waals surface area contributed by atoms with E-state index in [1.54, 1.807) is 11.8 Å². The molecule has 1 rings (SSSR count). The molecule has 0 unspecified atom stereocenters. The van der Waals surface area contributed by atoms with Crippen molar-refractivity contribution < 1.29 is 17.9 Å². The highest BCUT2D eigenvalue weighted by atomic mass is 32.2. The molecule has 0 bridgehead atoms. The highest BCUT2D eigenvalue weighted by Crippen LogP contribution is 2.21. The Kier molecular flexibility index (Phi) is 5.78. The smallest absolute Gasteiger partial charge is 0.381 e. The maximum absolute atomic E-state index is 11.8. The van der Waals surface area contributed by atoms with Gasteiger partial charge in [0.25, 0.3) is 0 Å². The number of alkyl halides is 3. The summed E-state index contributed by atoms with van der Waals surface area (Å²) in [6, 6.07) is 0. The largest absolute Gasteiger partial charge is 0.401 e. The quantitative estimate of drug-likeness (QED) is 0.747. The summed E-state index contributed by atoms with van der Waals surface area (Å²) in [6.45, 7) is 1.10. The van der Waals surface area contributed by atoms with E-state index < -0.39 is 12.7 Å². The van der Waals surface area contributed by atoms with Gasteiger partial charge in [-0.15, -0.1) is 0 Å². The molecule has 90 valence electrons. The zero-order valence-electron chi connectivity index (χ0n) is 8.48. The average molecular weight is 243 g/mol. The zero-order valence-corrected chi connectivity index (χ0v) is 9.29. The third kappa shape index (κ3) is 7.03. The van der Waals surface area contributed by atoms with Gasteiger partial charge in [-0.1, -0.05) is 0 Å². The lowest BCUT2D eigenvalue weighted by atomic mass is 10.2. The molecule has 0 spiro atoms. The van der Waals surface area contributed by atoms with E-state index in [0.717, 1.165) is 31.8 Å². The molecular formula is C9H16F3NOS. The summed E-state index contributed by atoms with van der Waals surface area (Å²) >= 11 is 1.74. The van der Waals surface area contributed by atoms with Gasteiger partial charge in [-0.3, -0.25) is 0 Å². The van der Waals surface area contributed by atoms with Gasteiger partial charge >= 0.3 is 6.18 Å². The highest BCUT2D eigenvalue weighted by Gasteiger charge is 2.26. The van der Waals surface area contributed by atoms with E-state index in [9.17, 15) is 13.2 Å². The van der Waals surface area contributed by atoms with Crippen molar-refractivity contribution in [1.82, 2.24) is 5.32 Å². The van der Waals surface area contributed by atoms with Crippen LogP contribution in [0.4, 0.5) is 13.2 Å². The predicted molar refractivity (Wildman–Crippen MR) is 55.2 cm³/mol. The summed E-state index contributed by atoms with van der Waals surface area (Å²) in [5, 5.41) is 2.95. The van der Waals surface area contributed by atoms with Gasteiger partial charge in [-0.25, -0.2) is 0 Å². The second-order valence-electron chi connectivity index (χ2n) is 3.47. The first kappa shape index (κ1) is 13.1. The van der Waals surface area contributed by atoms with Gasteiger partial charge in [0.05, 0.1) is 6.54 Å². The van der Waals surface area contributed by atoms with Crippen LogP contribution in [0.3, 0.4) is 0 Å². The van der Waals surface area contributed by atoms with Crippen LogP contribution < -0.4 is 5.32 Å². The molecule has 15 heavy (non-hydrogen) atoms. The maximum atomic E-state index is 11.8. The molecule has 1 fully saturated rings. The van der Waals surface area contributed by atoms with E-state index in [4.69, 9.17) is 4.74 Å². The van der Waals surface area contributed by atoms with E-state index >= 15 is 0 Å². The van der Waals surface area contributed by atoms with E-state index in [1.807, 2.05) is 0 Å². The fourth-order valence-corrected chi connectivity index (χ4v) is 2.49. The molecule has 0 aliphatic carbocycles. The second kappa shape index (κ2) is 6.60. The number of hydrogen-bond acceptors (Lipinski definition) is 3. The van der Waals surface area contributed by atoms with Gasteiger partial charge in [-0.05, 0) is 12.8 Å². The zero-order chi connectivity index (χ0) is 11.1. The topological polar surface area (TPSA) is 21.3 Å². The molecule has 0 aromatic rings. The third-order valence-corrected chi connectivity index (χ3v) is 3.51. The molecular weight excluding hydrogens is 227 g/mol. The van der Waals surface area contributed by atoms with Gasteiger partial charge in [0, 0.05) is 30.8 Å². The Balaban J connectivity index is 1.92. The summed E-state index contributed by atoms with van der Waals surface area (Å²) in [5.74, 6) is 0.737. The minimum atomic E-state index is -4.09. The first-order chi connectivity index (χ1) is 7.08. The Labute approximate surface area is 91.9 Å². The normalized spacial score (nSPS) is 19.4.